The number of halogens is 1. The van der Waals surface area contributed by atoms with Crippen LogP contribution in [0.15, 0.2) is 24.3 Å². The van der Waals surface area contributed by atoms with E-state index in [9.17, 15) is 0 Å². The molecule has 2 N–H and O–H groups in total. The van der Waals surface area contributed by atoms with E-state index in [0.29, 0.717) is 77.5 Å². The molecule has 7 nitrogen and oxygen atoms in total. The lowest BCUT2D eigenvalue weighted by Gasteiger charge is -2.09. The van der Waals surface area contributed by atoms with Crippen LogP contribution in [0.1, 0.15) is 25.7 Å². The van der Waals surface area contributed by atoms with Crippen LogP contribution in [0.5, 0.6) is 5.75 Å². The van der Waals surface area contributed by atoms with Gasteiger partial charge in [-0.15, -0.1) is 11.6 Å². The smallest absolute Gasteiger partial charge is 0.142 e. The van der Waals surface area contributed by atoms with Crippen LogP contribution in [0.3, 0.4) is 0 Å². The van der Waals surface area contributed by atoms with E-state index in [2.05, 4.69) is 0 Å². The van der Waals surface area contributed by atoms with Gasteiger partial charge in [0, 0.05) is 12.5 Å². The number of anilines is 1. The SMILES string of the molecule is Nc1ccccc1OCCOCCOCCOCCOCCOCCCCCCCl. The van der Waals surface area contributed by atoms with Gasteiger partial charge in [0.1, 0.15) is 12.4 Å². The molecule has 0 heterocycles. The lowest BCUT2D eigenvalue weighted by Crippen LogP contribution is -2.14. The largest absolute Gasteiger partial charge is 0.489 e. The third-order valence-corrected chi connectivity index (χ3v) is 4.33. The molecule has 0 aliphatic heterocycles. The van der Waals surface area contributed by atoms with Crippen molar-refractivity contribution in [3.05, 3.63) is 24.3 Å². The summed E-state index contributed by atoms with van der Waals surface area (Å²) in [5.74, 6) is 1.43. The average molecular weight is 448 g/mol. The Labute approximate surface area is 186 Å². The highest BCUT2D eigenvalue weighted by Crippen LogP contribution is 2.19. The maximum atomic E-state index is 5.80. The number of benzene rings is 1. The Balaban J connectivity index is 1.70. The molecule has 0 radical (unpaired) electrons. The second-order valence-electron chi connectivity index (χ2n) is 6.55. The molecule has 0 unspecified atom stereocenters. The average Bonchev–Trinajstić information content (AvgIpc) is 2.76. The quantitative estimate of drug-likeness (QED) is 0.165. The molecular weight excluding hydrogens is 410 g/mol. The highest BCUT2D eigenvalue weighted by atomic mass is 35.5. The molecule has 0 amide bonds. The molecule has 1 aromatic rings. The second-order valence-corrected chi connectivity index (χ2v) is 6.93. The second kappa shape index (κ2) is 21.2. The Bertz CT molecular complexity index is 494. The number of alkyl halides is 1. The minimum Gasteiger partial charge on any atom is -0.489 e. The molecule has 0 saturated heterocycles. The number of nitrogens with two attached hydrogens (primary N) is 1. The normalized spacial score (nSPS) is 11.1. The minimum atomic E-state index is 0.455. The van der Waals surface area contributed by atoms with Crippen LogP contribution in [-0.4, -0.2) is 78.6 Å². The van der Waals surface area contributed by atoms with Gasteiger partial charge in [0.2, 0.25) is 0 Å². The van der Waals surface area contributed by atoms with Gasteiger partial charge in [-0.1, -0.05) is 25.0 Å². The van der Waals surface area contributed by atoms with Gasteiger partial charge < -0.3 is 34.2 Å². The first-order valence-corrected chi connectivity index (χ1v) is 11.3. The van der Waals surface area contributed by atoms with Gasteiger partial charge in [-0.3, -0.25) is 0 Å². The van der Waals surface area contributed by atoms with Gasteiger partial charge in [-0.05, 0) is 25.0 Å². The van der Waals surface area contributed by atoms with Crippen molar-refractivity contribution in [2.75, 3.05) is 84.3 Å². The Morgan fingerprint density at radius 2 is 1.03 bits per heavy atom. The predicted molar refractivity (Wildman–Crippen MR) is 120 cm³/mol. The van der Waals surface area contributed by atoms with Crippen molar-refractivity contribution in [1.29, 1.82) is 0 Å². The predicted octanol–water partition coefficient (Wildman–Crippen LogP) is 3.53. The zero-order valence-corrected chi connectivity index (χ0v) is 18.8. The van der Waals surface area contributed by atoms with Gasteiger partial charge in [-0.25, -0.2) is 0 Å². The lowest BCUT2D eigenvalue weighted by atomic mass is 10.2. The summed E-state index contributed by atoms with van der Waals surface area (Å²) < 4.78 is 32.8. The molecule has 8 heteroatoms. The van der Waals surface area contributed by atoms with Crippen molar-refractivity contribution in [3.8, 4) is 5.75 Å². The van der Waals surface area contributed by atoms with Gasteiger partial charge in [0.05, 0.1) is 65.1 Å². The van der Waals surface area contributed by atoms with Crippen molar-refractivity contribution in [1.82, 2.24) is 0 Å². The van der Waals surface area contributed by atoms with E-state index in [1.165, 1.54) is 12.8 Å². The molecule has 0 aromatic heterocycles. The number of nitrogen functional groups attached to an aromatic ring is 1. The Morgan fingerprint density at radius 3 is 1.57 bits per heavy atom. The van der Waals surface area contributed by atoms with E-state index < -0.39 is 0 Å². The van der Waals surface area contributed by atoms with Crippen LogP contribution >= 0.6 is 11.6 Å². The topological polar surface area (TPSA) is 81.4 Å². The van der Waals surface area contributed by atoms with E-state index in [1.807, 2.05) is 18.2 Å². The number of unbranched alkanes of at least 4 members (excludes halogenated alkanes) is 3. The highest BCUT2D eigenvalue weighted by molar-refractivity contribution is 6.17. The van der Waals surface area contributed by atoms with Crippen LogP contribution in [0.25, 0.3) is 0 Å². The number of hydrogen-bond donors (Lipinski definition) is 1. The van der Waals surface area contributed by atoms with Crippen LogP contribution in [0, 0.1) is 0 Å². The number of ether oxygens (including phenoxy) is 6. The Kier molecular flexibility index (Phi) is 19.0. The van der Waals surface area contributed by atoms with Crippen LogP contribution < -0.4 is 10.5 Å². The summed E-state index contributed by atoms with van der Waals surface area (Å²) in [4.78, 5) is 0. The summed E-state index contributed by atoms with van der Waals surface area (Å²) in [6.45, 7) is 6.19. The molecular formula is C22H38ClNO6. The first-order valence-electron chi connectivity index (χ1n) is 10.8. The lowest BCUT2D eigenvalue weighted by molar-refractivity contribution is -0.0128. The maximum absolute atomic E-state index is 5.80. The van der Waals surface area contributed by atoms with E-state index in [-0.39, 0.29) is 0 Å². The molecule has 0 bridgehead atoms. The zero-order chi connectivity index (χ0) is 21.5. The van der Waals surface area contributed by atoms with Crippen LogP contribution in [0.4, 0.5) is 5.69 Å². The summed E-state index contributed by atoms with van der Waals surface area (Å²) in [7, 11) is 0. The summed E-state index contributed by atoms with van der Waals surface area (Å²) in [6, 6.07) is 7.40. The standard InChI is InChI=1S/C22H38ClNO6/c23-9-5-1-2-6-10-25-11-12-26-13-14-27-15-16-28-17-18-29-19-20-30-22-8-4-3-7-21(22)24/h3-4,7-8H,1-2,5-6,9-20,24H2. The van der Waals surface area contributed by atoms with Crippen molar-refractivity contribution >= 4 is 17.3 Å². The van der Waals surface area contributed by atoms with E-state index in [0.717, 1.165) is 25.3 Å². The van der Waals surface area contributed by atoms with Gasteiger partial charge in [-0.2, -0.15) is 0 Å². The van der Waals surface area contributed by atoms with Crippen molar-refractivity contribution in [3.63, 3.8) is 0 Å². The summed E-state index contributed by atoms with van der Waals surface area (Å²) >= 11 is 5.63. The fourth-order valence-corrected chi connectivity index (χ4v) is 2.65. The fraction of sp³-hybridized carbons (Fsp3) is 0.727. The van der Waals surface area contributed by atoms with Crippen LogP contribution in [-0.2, 0) is 23.7 Å². The van der Waals surface area contributed by atoms with E-state index in [4.69, 9.17) is 45.8 Å². The summed E-state index contributed by atoms with van der Waals surface area (Å²) in [6.07, 6.45) is 4.52. The van der Waals surface area contributed by atoms with Gasteiger partial charge >= 0.3 is 0 Å². The number of rotatable bonds is 22. The van der Waals surface area contributed by atoms with Gasteiger partial charge in [0.15, 0.2) is 0 Å². The molecule has 0 fully saturated rings. The molecule has 0 spiro atoms. The Hall–Kier alpha value is -1.09. The zero-order valence-electron chi connectivity index (χ0n) is 18.0. The molecule has 0 aliphatic rings. The minimum absolute atomic E-state index is 0.455. The third-order valence-electron chi connectivity index (χ3n) is 4.06. The molecule has 0 saturated carbocycles. The summed E-state index contributed by atoms with van der Waals surface area (Å²) in [5.41, 5.74) is 6.42. The Morgan fingerprint density at radius 1 is 0.567 bits per heavy atom. The van der Waals surface area contributed by atoms with E-state index >= 15 is 0 Å². The maximum Gasteiger partial charge on any atom is 0.142 e. The molecule has 0 atom stereocenters. The van der Waals surface area contributed by atoms with Crippen molar-refractivity contribution in [2.24, 2.45) is 0 Å². The molecule has 1 aromatic carbocycles. The first-order chi connectivity index (χ1) is 14.8. The van der Waals surface area contributed by atoms with Crippen molar-refractivity contribution < 1.29 is 28.4 Å². The number of para-hydroxylation sites is 2. The monoisotopic (exact) mass is 447 g/mol. The molecule has 0 aliphatic carbocycles. The highest BCUT2D eigenvalue weighted by Gasteiger charge is 1.98. The molecule has 30 heavy (non-hydrogen) atoms. The van der Waals surface area contributed by atoms with E-state index in [1.54, 1.807) is 6.07 Å². The molecule has 1 rings (SSSR count). The van der Waals surface area contributed by atoms with Crippen molar-refractivity contribution in [2.45, 2.75) is 25.7 Å². The third kappa shape index (κ3) is 16.7. The first kappa shape index (κ1) is 26.9. The fourth-order valence-electron chi connectivity index (χ4n) is 2.46. The molecule has 174 valence electrons. The number of hydrogen-bond acceptors (Lipinski definition) is 7. The van der Waals surface area contributed by atoms with Gasteiger partial charge in [0.25, 0.3) is 0 Å². The van der Waals surface area contributed by atoms with Crippen LogP contribution in [0.2, 0.25) is 0 Å². The summed E-state index contributed by atoms with van der Waals surface area (Å²) in [5, 5.41) is 0.